The van der Waals surface area contributed by atoms with Gasteiger partial charge in [0.05, 0.1) is 10.0 Å². The predicted octanol–water partition coefficient (Wildman–Crippen LogP) is 5.15. The van der Waals surface area contributed by atoms with Crippen LogP contribution in [0.4, 0.5) is 13.2 Å². The maximum Gasteiger partial charge on any atom is 0.326 e. The van der Waals surface area contributed by atoms with Crippen LogP contribution in [0.1, 0.15) is 16.1 Å². The minimum absolute atomic E-state index is 0.0604. The Hall–Kier alpha value is -3.56. The lowest BCUT2D eigenvalue weighted by atomic mass is 10.0. The van der Waals surface area contributed by atoms with Crippen LogP contribution in [-0.4, -0.2) is 32.4 Å². The van der Waals surface area contributed by atoms with Crippen LogP contribution < -0.4 is 5.32 Å². The van der Waals surface area contributed by atoms with Crippen molar-refractivity contribution in [3.05, 3.63) is 93.6 Å². The second-order valence-electron chi connectivity index (χ2n) is 7.27. The van der Waals surface area contributed by atoms with Gasteiger partial charge in [0.2, 0.25) is 0 Å². The summed E-state index contributed by atoms with van der Waals surface area (Å²) in [7, 11) is 0. The van der Waals surface area contributed by atoms with Crippen LogP contribution >= 0.6 is 23.2 Å². The van der Waals surface area contributed by atoms with Gasteiger partial charge in [-0.15, -0.1) is 0 Å². The van der Waals surface area contributed by atoms with Crippen molar-refractivity contribution in [3.63, 3.8) is 0 Å². The third kappa shape index (κ3) is 4.44. The smallest absolute Gasteiger partial charge is 0.326 e. The van der Waals surface area contributed by atoms with Gasteiger partial charge in [0.1, 0.15) is 34.7 Å². The fourth-order valence-corrected chi connectivity index (χ4v) is 4.25. The van der Waals surface area contributed by atoms with Crippen LogP contribution in [0.3, 0.4) is 0 Å². The minimum atomic E-state index is -1.51. The molecule has 4 rings (SSSR count). The lowest BCUT2D eigenvalue weighted by molar-refractivity contribution is -0.139. The number of nitrogens with zero attached hydrogens (tertiary/aromatic N) is 2. The Labute approximate surface area is 200 Å². The molecule has 174 valence electrons. The monoisotopic (exact) mass is 507 g/mol. The van der Waals surface area contributed by atoms with Gasteiger partial charge in [0, 0.05) is 35.6 Å². The van der Waals surface area contributed by atoms with E-state index in [1.165, 1.54) is 6.20 Å². The molecule has 0 saturated carbocycles. The van der Waals surface area contributed by atoms with Gasteiger partial charge in [-0.3, -0.25) is 4.79 Å². The highest BCUT2D eigenvalue weighted by Gasteiger charge is 2.26. The Morgan fingerprint density at radius 2 is 1.71 bits per heavy atom. The molecule has 0 aliphatic heterocycles. The zero-order valence-electron chi connectivity index (χ0n) is 17.0. The topological polar surface area (TPSA) is 83.7 Å². The standard InChI is InChI=1S/C23H14Cl2F3N3O3/c24-14-8-11(26)9-15(25)19(14)13-5-4-12(31-7-6-29-21(13)31)10-18(23(33)34)30-22(32)20-16(27)2-1-3-17(20)28/h1-9,18H,10H2,(H,30,32)(H,33,34)/t18-/m0/s1. The van der Waals surface area contributed by atoms with Gasteiger partial charge in [0.15, 0.2) is 0 Å². The number of carboxylic acid groups (broad SMARTS) is 1. The van der Waals surface area contributed by atoms with Gasteiger partial charge in [-0.05, 0) is 36.4 Å². The highest BCUT2D eigenvalue weighted by atomic mass is 35.5. The molecular weight excluding hydrogens is 494 g/mol. The summed E-state index contributed by atoms with van der Waals surface area (Å²) >= 11 is 12.4. The molecule has 0 spiro atoms. The molecule has 6 nitrogen and oxygen atoms in total. The van der Waals surface area contributed by atoms with Crippen molar-refractivity contribution in [3.8, 4) is 11.1 Å². The lowest BCUT2D eigenvalue weighted by Gasteiger charge is -2.17. The maximum atomic E-state index is 13.9. The molecule has 34 heavy (non-hydrogen) atoms. The van der Waals surface area contributed by atoms with Crippen LogP contribution in [-0.2, 0) is 11.2 Å². The fourth-order valence-electron chi connectivity index (χ4n) is 3.58. The van der Waals surface area contributed by atoms with Crippen molar-refractivity contribution < 1.29 is 27.9 Å². The van der Waals surface area contributed by atoms with Crippen LogP contribution in [0.2, 0.25) is 10.0 Å². The third-order valence-corrected chi connectivity index (χ3v) is 5.71. The van der Waals surface area contributed by atoms with E-state index in [1.807, 2.05) is 0 Å². The number of imidazole rings is 1. The summed E-state index contributed by atoms with van der Waals surface area (Å²) in [6, 6.07) is 6.72. The molecule has 0 radical (unpaired) electrons. The zero-order chi connectivity index (χ0) is 24.6. The predicted molar refractivity (Wildman–Crippen MR) is 120 cm³/mol. The number of benzene rings is 2. The molecule has 2 heterocycles. The highest BCUT2D eigenvalue weighted by Crippen LogP contribution is 2.37. The van der Waals surface area contributed by atoms with Gasteiger partial charge in [-0.1, -0.05) is 29.3 Å². The number of rotatable bonds is 6. The summed E-state index contributed by atoms with van der Waals surface area (Å²) < 4.78 is 43.0. The number of nitrogens with one attached hydrogen (secondary N) is 1. The molecule has 0 fully saturated rings. The van der Waals surface area contributed by atoms with Gasteiger partial charge in [-0.2, -0.15) is 0 Å². The van der Waals surface area contributed by atoms with E-state index in [2.05, 4.69) is 10.3 Å². The molecule has 4 aromatic rings. The Morgan fingerprint density at radius 3 is 2.32 bits per heavy atom. The number of halogens is 5. The molecule has 1 atom stereocenters. The van der Waals surface area contributed by atoms with Crippen LogP contribution in [0.15, 0.2) is 54.9 Å². The Kier molecular flexibility index (Phi) is 6.49. The first-order valence-corrected chi connectivity index (χ1v) is 10.5. The third-order valence-electron chi connectivity index (χ3n) is 5.12. The number of hydrogen-bond donors (Lipinski definition) is 2. The van der Waals surface area contributed by atoms with Crippen LogP contribution in [0.5, 0.6) is 0 Å². The first kappa shape index (κ1) is 23.6. The molecular formula is C23H14Cl2F3N3O3. The molecule has 0 saturated heterocycles. The summed E-state index contributed by atoms with van der Waals surface area (Å²) in [6.07, 6.45) is 2.77. The molecule has 0 unspecified atom stereocenters. The van der Waals surface area contributed by atoms with Crippen LogP contribution in [0, 0.1) is 17.5 Å². The largest absolute Gasteiger partial charge is 0.480 e. The first-order valence-electron chi connectivity index (χ1n) is 9.75. The van der Waals surface area contributed by atoms with Gasteiger partial charge >= 0.3 is 5.97 Å². The normalized spacial score (nSPS) is 12.0. The van der Waals surface area contributed by atoms with Gasteiger partial charge < -0.3 is 14.8 Å². The number of hydrogen-bond acceptors (Lipinski definition) is 3. The van der Waals surface area contributed by atoms with Crippen molar-refractivity contribution in [2.75, 3.05) is 0 Å². The van der Waals surface area contributed by atoms with E-state index in [0.717, 1.165) is 30.3 Å². The zero-order valence-corrected chi connectivity index (χ0v) is 18.5. The number of carbonyl (C=O) groups excluding carboxylic acids is 1. The van der Waals surface area contributed by atoms with E-state index in [-0.39, 0.29) is 16.5 Å². The summed E-state index contributed by atoms with van der Waals surface area (Å²) in [5.41, 5.74) is 0.687. The van der Waals surface area contributed by atoms with Crippen molar-refractivity contribution in [1.29, 1.82) is 0 Å². The second kappa shape index (κ2) is 9.36. The van der Waals surface area contributed by atoms with E-state index in [4.69, 9.17) is 23.2 Å². The van der Waals surface area contributed by atoms with Crippen molar-refractivity contribution >= 4 is 40.7 Å². The molecule has 0 aliphatic rings. The molecule has 2 aromatic carbocycles. The summed E-state index contributed by atoms with van der Waals surface area (Å²) in [5.74, 6) is -5.45. The Balaban J connectivity index is 1.69. The van der Waals surface area contributed by atoms with Gasteiger partial charge in [0.25, 0.3) is 5.91 Å². The van der Waals surface area contributed by atoms with Crippen molar-refractivity contribution in [1.82, 2.24) is 14.7 Å². The van der Waals surface area contributed by atoms with Crippen molar-refractivity contribution in [2.24, 2.45) is 0 Å². The number of aromatic nitrogens is 2. The number of fused-ring (bicyclic) bond motifs is 1. The van der Waals surface area contributed by atoms with Crippen molar-refractivity contribution in [2.45, 2.75) is 12.5 Å². The minimum Gasteiger partial charge on any atom is -0.480 e. The number of amides is 1. The Morgan fingerprint density at radius 1 is 1.06 bits per heavy atom. The number of pyridine rings is 1. The summed E-state index contributed by atoms with van der Waals surface area (Å²) in [5, 5.41) is 11.9. The quantitative estimate of drug-likeness (QED) is 0.378. The number of aliphatic carboxylic acids is 1. The lowest BCUT2D eigenvalue weighted by Crippen LogP contribution is -2.43. The van der Waals surface area contributed by atoms with Crippen LogP contribution in [0.25, 0.3) is 16.8 Å². The average molecular weight is 508 g/mol. The Bertz CT molecular complexity index is 1400. The second-order valence-corrected chi connectivity index (χ2v) is 8.08. The maximum absolute atomic E-state index is 13.9. The van der Waals surface area contributed by atoms with E-state index in [9.17, 15) is 27.9 Å². The molecule has 2 aromatic heterocycles. The summed E-state index contributed by atoms with van der Waals surface area (Å²) in [4.78, 5) is 28.5. The molecule has 1 amide bonds. The fraction of sp³-hybridized carbons (Fsp3) is 0.0870. The number of carboxylic acids is 1. The molecule has 2 N–H and O–H groups in total. The van der Waals surface area contributed by atoms with E-state index >= 15 is 0 Å². The highest BCUT2D eigenvalue weighted by molar-refractivity contribution is 6.39. The number of carbonyl (C=O) groups is 2. The molecule has 0 bridgehead atoms. The SMILES string of the molecule is O=C(N[C@@H](Cc1ccc(-c2c(Cl)cc(F)cc2Cl)c2nccn12)C(=O)O)c1c(F)cccc1F. The van der Waals surface area contributed by atoms with E-state index in [0.29, 0.717) is 22.5 Å². The molecule has 11 heteroatoms. The average Bonchev–Trinajstić information content (AvgIpc) is 3.24. The summed E-state index contributed by atoms with van der Waals surface area (Å²) in [6.45, 7) is 0. The molecule has 0 aliphatic carbocycles. The van der Waals surface area contributed by atoms with E-state index in [1.54, 1.807) is 22.7 Å². The van der Waals surface area contributed by atoms with Gasteiger partial charge in [-0.25, -0.2) is 22.9 Å². The van der Waals surface area contributed by atoms with E-state index < -0.39 is 40.9 Å². The first-order chi connectivity index (χ1) is 16.2.